The molecule has 0 unspecified atom stereocenters. The third-order valence-electron chi connectivity index (χ3n) is 5.51. The molecule has 1 N–H and O–H groups in total. The van der Waals surface area contributed by atoms with Crippen molar-refractivity contribution in [2.75, 3.05) is 6.54 Å². The molecule has 2 aromatic carbocycles. The summed E-state index contributed by atoms with van der Waals surface area (Å²) in [5.41, 5.74) is 4.26. The standard InChI is InChI=1S/C24H25N3O2S/c1-3-18-10-12-20(13-11-18)30(28,29)26-16-22(19-7-6-14-25-15-19)23-17-27(2)24-9-5-4-8-21(23)24/h4-15,17,22,26H,3,16H2,1-2H3/t22-/m1/s1. The number of sulfonamides is 1. The van der Waals surface area contributed by atoms with E-state index in [1.54, 1.807) is 24.5 Å². The van der Waals surface area contributed by atoms with Gasteiger partial charge in [-0.15, -0.1) is 0 Å². The molecule has 0 amide bonds. The number of benzene rings is 2. The zero-order valence-electron chi connectivity index (χ0n) is 17.1. The first-order valence-corrected chi connectivity index (χ1v) is 11.5. The van der Waals surface area contributed by atoms with E-state index in [-0.39, 0.29) is 17.4 Å². The summed E-state index contributed by atoms with van der Waals surface area (Å²) in [7, 11) is -1.61. The average Bonchev–Trinajstić information content (AvgIpc) is 3.11. The van der Waals surface area contributed by atoms with Gasteiger partial charge in [-0.2, -0.15) is 0 Å². The molecule has 4 aromatic rings. The molecular formula is C24H25N3O2S. The van der Waals surface area contributed by atoms with Crippen LogP contribution in [0.4, 0.5) is 0 Å². The molecule has 6 heteroatoms. The van der Waals surface area contributed by atoms with Gasteiger partial charge >= 0.3 is 0 Å². The van der Waals surface area contributed by atoms with Crippen LogP contribution >= 0.6 is 0 Å². The smallest absolute Gasteiger partial charge is 0.240 e. The molecule has 0 saturated carbocycles. The van der Waals surface area contributed by atoms with E-state index in [0.29, 0.717) is 0 Å². The highest BCUT2D eigenvalue weighted by Gasteiger charge is 2.23. The molecule has 0 fully saturated rings. The summed E-state index contributed by atoms with van der Waals surface area (Å²) in [6, 6.07) is 19.1. The zero-order chi connectivity index (χ0) is 21.1. The Balaban J connectivity index is 1.69. The maximum Gasteiger partial charge on any atom is 0.240 e. The first-order chi connectivity index (χ1) is 14.5. The van der Waals surface area contributed by atoms with Crippen molar-refractivity contribution in [3.05, 3.63) is 95.9 Å². The number of hydrogen-bond acceptors (Lipinski definition) is 3. The lowest BCUT2D eigenvalue weighted by molar-refractivity contribution is 0.577. The number of hydrogen-bond donors (Lipinski definition) is 1. The summed E-state index contributed by atoms with van der Waals surface area (Å²) in [5.74, 6) is -0.158. The SMILES string of the molecule is CCc1ccc(S(=O)(=O)NC[C@H](c2cccnc2)c2cn(C)c3ccccc23)cc1. The number of aryl methyl sites for hydroxylation is 2. The molecule has 1 atom stereocenters. The minimum absolute atomic E-state index is 0.158. The van der Waals surface area contributed by atoms with Crippen LogP contribution in [-0.2, 0) is 23.5 Å². The van der Waals surface area contributed by atoms with Crippen LogP contribution in [0, 0.1) is 0 Å². The number of nitrogens with zero attached hydrogens (tertiary/aromatic N) is 2. The van der Waals surface area contributed by atoms with Gasteiger partial charge in [0.05, 0.1) is 4.90 Å². The third kappa shape index (κ3) is 4.01. The predicted octanol–water partition coefficient (Wildman–Crippen LogP) is 4.25. The number of fused-ring (bicyclic) bond motifs is 1. The maximum absolute atomic E-state index is 12.9. The van der Waals surface area contributed by atoms with Gasteiger partial charge in [-0.3, -0.25) is 4.98 Å². The zero-order valence-corrected chi connectivity index (χ0v) is 17.9. The number of pyridine rings is 1. The number of aromatic nitrogens is 2. The van der Waals surface area contributed by atoms with E-state index < -0.39 is 10.0 Å². The first kappa shape index (κ1) is 20.3. The molecule has 0 aliphatic heterocycles. The minimum atomic E-state index is -3.62. The summed E-state index contributed by atoms with van der Waals surface area (Å²) >= 11 is 0. The topological polar surface area (TPSA) is 64.0 Å². The van der Waals surface area contributed by atoms with Crippen LogP contribution < -0.4 is 4.72 Å². The van der Waals surface area contributed by atoms with E-state index in [0.717, 1.165) is 34.0 Å². The number of nitrogens with one attached hydrogen (secondary N) is 1. The van der Waals surface area contributed by atoms with Crippen molar-refractivity contribution in [1.29, 1.82) is 0 Å². The van der Waals surface area contributed by atoms with E-state index in [1.807, 2.05) is 50.4 Å². The molecule has 30 heavy (non-hydrogen) atoms. The van der Waals surface area contributed by atoms with Gasteiger partial charge in [0, 0.05) is 49.0 Å². The van der Waals surface area contributed by atoms with Crippen molar-refractivity contribution in [2.24, 2.45) is 7.05 Å². The molecule has 0 aliphatic rings. The van der Waals surface area contributed by atoms with Gasteiger partial charge in [-0.05, 0) is 47.4 Å². The van der Waals surface area contributed by atoms with Gasteiger partial charge in [0.25, 0.3) is 0 Å². The van der Waals surface area contributed by atoms with Gasteiger partial charge in [0.15, 0.2) is 0 Å². The van der Waals surface area contributed by atoms with Crippen LogP contribution in [0.25, 0.3) is 10.9 Å². The van der Waals surface area contributed by atoms with Crippen LogP contribution in [-0.4, -0.2) is 24.5 Å². The average molecular weight is 420 g/mol. The van der Waals surface area contributed by atoms with E-state index in [1.165, 1.54) is 0 Å². The van der Waals surface area contributed by atoms with Gasteiger partial charge in [0.2, 0.25) is 10.0 Å². The second-order valence-corrected chi connectivity index (χ2v) is 9.17. The maximum atomic E-state index is 12.9. The molecule has 154 valence electrons. The summed E-state index contributed by atoms with van der Waals surface area (Å²) in [4.78, 5) is 4.54. The fourth-order valence-corrected chi connectivity index (χ4v) is 4.87. The first-order valence-electron chi connectivity index (χ1n) is 10.0. The minimum Gasteiger partial charge on any atom is -0.350 e. The molecule has 2 aromatic heterocycles. The molecule has 0 saturated heterocycles. The Morgan fingerprint density at radius 2 is 1.80 bits per heavy atom. The molecule has 0 radical (unpaired) electrons. The normalized spacial score (nSPS) is 12.9. The lowest BCUT2D eigenvalue weighted by Gasteiger charge is -2.18. The van der Waals surface area contributed by atoms with Crippen molar-refractivity contribution in [3.8, 4) is 0 Å². The van der Waals surface area contributed by atoms with Crippen LogP contribution in [0.3, 0.4) is 0 Å². The third-order valence-corrected chi connectivity index (χ3v) is 6.95. The molecule has 0 aliphatic carbocycles. The van der Waals surface area contributed by atoms with Crippen LogP contribution in [0.15, 0.2) is 84.1 Å². The molecule has 0 bridgehead atoms. The van der Waals surface area contributed by atoms with Crippen molar-refractivity contribution >= 4 is 20.9 Å². The molecule has 2 heterocycles. The van der Waals surface area contributed by atoms with E-state index in [2.05, 4.69) is 32.6 Å². The second kappa shape index (κ2) is 8.42. The highest BCUT2D eigenvalue weighted by molar-refractivity contribution is 7.89. The fourth-order valence-electron chi connectivity index (χ4n) is 3.82. The summed E-state index contributed by atoms with van der Waals surface area (Å²) in [6.45, 7) is 2.29. The lowest BCUT2D eigenvalue weighted by Crippen LogP contribution is -2.29. The summed E-state index contributed by atoms with van der Waals surface area (Å²) in [5, 5.41) is 1.11. The Morgan fingerprint density at radius 3 is 2.50 bits per heavy atom. The fraction of sp³-hybridized carbons (Fsp3) is 0.208. The lowest BCUT2D eigenvalue weighted by atomic mass is 9.92. The van der Waals surface area contributed by atoms with Gasteiger partial charge in [-0.25, -0.2) is 13.1 Å². The van der Waals surface area contributed by atoms with Gasteiger partial charge in [-0.1, -0.05) is 43.3 Å². The van der Waals surface area contributed by atoms with Crippen LogP contribution in [0.5, 0.6) is 0 Å². The van der Waals surface area contributed by atoms with Gasteiger partial charge < -0.3 is 4.57 Å². The summed E-state index contributed by atoms with van der Waals surface area (Å²) in [6.07, 6.45) is 6.48. The Kier molecular flexibility index (Phi) is 5.70. The second-order valence-electron chi connectivity index (χ2n) is 7.40. The molecular weight excluding hydrogens is 394 g/mol. The van der Waals surface area contributed by atoms with Gasteiger partial charge in [0.1, 0.15) is 0 Å². The Bertz CT molecular complexity index is 1250. The van der Waals surface area contributed by atoms with Crippen LogP contribution in [0.2, 0.25) is 0 Å². The molecule has 0 spiro atoms. The molecule has 4 rings (SSSR count). The highest BCUT2D eigenvalue weighted by Crippen LogP contribution is 2.31. The van der Waals surface area contributed by atoms with Crippen molar-refractivity contribution in [2.45, 2.75) is 24.2 Å². The van der Waals surface area contributed by atoms with Crippen LogP contribution in [0.1, 0.15) is 29.5 Å². The monoisotopic (exact) mass is 419 g/mol. The Hall–Kier alpha value is -2.96. The number of rotatable bonds is 7. The van der Waals surface area contributed by atoms with Crippen molar-refractivity contribution in [1.82, 2.24) is 14.3 Å². The van der Waals surface area contributed by atoms with E-state index in [9.17, 15) is 8.42 Å². The quantitative estimate of drug-likeness (QED) is 0.487. The highest BCUT2D eigenvalue weighted by atomic mass is 32.2. The Morgan fingerprint density at radius 1 is 1.03 bits per heavy atom. The van der Waals surface area contributed by atoms with E-state index in [4.69, 9.17) is 0 Å². The Labute approximate surface area is 177 Å². The largest absolute Gasteiger partial charge is 0.350 e. The summed E-state index contributed by atoms with van der Waals surface area (Å²) < 4.78 is 30.8. The predicted molar refractivity (Wildman–Crippen MR) is 120 cm³/mol. The molecule has 5 nitrogen and oxygen atoms in total. The van der Waals surface area contributed by atoms with E-state index >= 15 is 0 Å². The number of para-hydroxylation sites is 1. The van der Waals surface area contributed by atoms with Crippen molar-refractivity contribution < 1.29 is 8.42 Å². The van der Waals surface area contributed by atoms with Crippen molar-refractivity contribution in [3.63, 3.8) is 0 Å².